The summed E-state index contributed by atoms with van der Waals surface area (Å²) in [6, 6.07) is 5.85. The van der Waals surface area contributed by atoms with Crippen LogP contribution in [0, 0.1) is 0 Å². The van der Waals surface area contributed by atoms with Crippen LogP contribution in [0.15, 0.2) is 41.6 Å². The smallest absolute Gasteiger partial charge is 0.293 e. The molecule has 0 aliphatic carbocycles. The number of pyridine rings is 1. The highest BCUT2D eigenvalue weighted by Crippen LogP contribution is 2.31. The fourth-order valence-electron chi connectivity index (χ4n) is 2.44. The van der Waals surface area contributed by atoms with Gasteiger partial charge in [0.1, 0.15) is 5.65 Å². The Labute approximate surface area is 145 Å². The van der Waals surface area contributed by atoms with Gasteiger partial charge in [-0.05, 0) is 30.3 Å². The second kappa shape index (κ2) is 7.66. The topological polar surface area (TPSA) is 54.7 Å². The summed E-state index contributed by atoms with van der Waals surface area (Å²) in [6.45, 7) is 2.44. The van der Waals surface area contributed by atoms with Crippen molar-refractivity contribution in [2.24, 2.45) is 0 Å². The minimum atomic E-state index is -0.176. The van der Waals surface area contributed by atoms with Crippen LogP contribution in [-0.4, -0.2) is 32.0 Å². The molecule has 0 spiro atoms. The number of unbranched alkanes of at least 4 members (excludes halogenated alkanes) is 1. The molecule has 3 heterocycles. The van der Waals surface area contributed by atoms with Gasteiger partial charge in [0.25, 0.3) is 11.1 Å². The molecule has 2 aromatic rings. The number of halogens is 1. The third-order valence-electron chi connectivity index (χ3n) is 3.60. The number of carbonyl (C=O) groups is 2. The normalized spacial score (nSPS) is 16.4. The van der Waals surface area contributed by atoms with Crippen LogP contribution >= 0.6 is 24.2 Å². The van der Waals surface area contributed by atoms with Crippen molar-refractivity contribution in [3.8, 4) is 0 Å². The van der Waals surface area contributed by atoms with E-state index in [1.165, 1.54) is 4.90 Å². The number of amides is 2. The highest BCUT2D eigenvalue weighted by Gasteiger charge is 2.34. The Kier molecular flexibility index (Phi) is 5.85. The van der Waals surface area contributed by atoms with Gasteiger partial charge in [-0.25, -0.2) is 4.98 Å². The van der Waals surface area contributed by atoms with E-state index >= 15 is 0 Å². The lowest BCUT2D eigenvalue weighted by atomic mass is 10.2. The van der Waals surface area contributed by atoms with Gasteiger partial charge in [-0.1, -0.05) is 25.5 Å². The standard InChI is InChI=1S/C16H17N3O2S.ClH/c1-2-3-6-13-15(20)19(16(21)22-13)10-8-12-5-4-7-14-17-9-11-18(12)14;/h4-7,9,11H,2-3,8,10H2,1H3;1H/b13-6+;. The molecule has 0 N–H and O–H groups in total. The van der Waals surface area contributed by atoms with E-state index in [2.05, 4.69) is 4.98 Å². The first-order valence-corrected chi connectivity index (χ1v) is 8.17. The zero-order valence-corrected chi connectivity index (χ0v) is 14.4. The number of imide groups is 1. The van der Waals surface area contributed by atoms with E-state index in [0.717, 1.165) is 35.9 Å². The van der Waals surface area contributed by atoms with Gasteiger partial charge in [0.05, 0.1) is 4.91 Å². The summed E-state index contributed by atoms with van der Waals surface area (Å²) in [5.74, 6) is -0.166. The molecule has 0 atom stereocenters. The molecule has 2 aromatic heterocycles. The second-order valence-corrected chi connectivity index (χ2v) is 6.10. The van der Waals surface area contributed by atoms with Crippen molar-refractivity contribution in [1.82, 2.24) is 14.3 Å². The summed E-state index contributed by atoms with van der Waals surface area (Å²) in [6.07, 6.45) is 7.90. The van der Waals surface area contributed by atoms with Gasteiger partial charge < -0.3 is 4.40 Å². The zero-order chi connectivity index (χ0) is 15.5. The summed E-state index contributed by atoms with van der Waals surface area (Å²) < 4.78 is 1.98. The van der Waals surface area contributed by atoms with E-state index in [1.807, 2.05) is 41.8 Å². The van der Waals surface area contributed by atoms with Gasteiger partial charge in [0.2, 0.25) is 0 Å². The Bertz CT molecular complexity index is 757. The Morgan fingerprint density at radius 2 is 2.13 bits per heavy atom. The maximum absolute atomic E-state index is 12.3. The molecule has 7 heteroatoms. The molecule has 5 nitrogen and oxygen atoms in total. The number of allylic oxidation sites excluding steroid dienone is 1. The molecule has 3 rings (SSSR count). The van der Waals surface area contributed by atoms with Gasteiger partial charge in [-0.15, -0.1) is 12.4 Å². The number of fused-ring (bicyclic) bond motifs is 1. The number of nitrogens with zero attached hydrogens (tertiary/aromatic N) is 3. The first kappa shape index (κ1) is 17.6. The average Bonchev–Trinajstić information content (AvgIpc) is 3.09. The number of aromatic nitrogens is 2. The number of hydrogen-bond acceptors (Lipinski definition) is 4. The molecule has 0 saturated carbocycles. The minimum Gasteiger partial charge on any atom is -0.304 e. The molecular formula is C16H18ClN3O2S. The first-order chi connectivity index (χ1) is 10.7. The van der Waals surface area contributed by atoms with E-state index in [-0.39, 0.29) is 23.6 Å². The van der Waals surface area contributed by atoms with Crippen LogP contribution in [0.3, 0.4) is 0 Å². The second-order valence-electron chi connectivity index (χ2n) is 5.10. The van der Waals surface area contributed by atoms with Crippen molar-refractivity contribution in [2.75, 3.05) is 6.54 Å². The lowest BCUT2D eigenvalue weighted by Gasteiger charge is -2.13. The van der Waals surface area contributed by atoms with Crippen LogP contribution in [0.2, 0.25) is 0 Å². The number of hydrogen-bond donors (Lipinski definition) is 0. The fraction of sp³-hybridized carbons (Fsp3) is 0.312. The van der Waals surface area contributed by atoms with Crippen LogP contribution in [0.1, 0.15) is 25.5 Å². The molecule has 1 fully saturated rings. The molecule has 1 saturated heterocycles. The van der Waals surface area contributed by atoms with Gasteiger partial charge in [0, 0.05) is 31.1 Å². The average molecular weight is 352 g/mol. The molecule has 122 valence electrons. The maximum atomic E-state index is 12.3. The lowest BCUT2D eigenvalue weighted by molar-refractivity contribution is -0.122. The van der Waals surface area contributed by atoms with E-state index < -0.39 is 0 Å². The molecule has 0 unspecified atom stereocenters. The summed E-state index contributed by atoms with van der Waals surface area (Å²) in [7, 11) is 0. The van der Waals surface area contributed by atoms with Crippen LogP contribution in [0.4, 0.5) is 4.79 Å². The Morgan fingerprint density at radius 1 is 1.30 bits per heavy atom. The zero-order valence-electron chi connectivity index (χ0n) is 12.8. The van der Waals surface area contributed by atoms with Gasteiger partial charge in [-0.2, -0.15) is 0 Å². The first-order valence-electron chi connectivity index (χ1n) is 7.35. The van der Waals surface area contributed by atoms with Gasteiger partial charge in [-0.3, -0.25) is 14.5 Å². The van der Waals surface area contributed by atoms with Crippen molar-refractivity contribution in [2.45, 2.75) is 26.2 Å². The summed E-state index contributed by atoms with van der Waals surface area (Å²) in [4.78, 5) is 30.4. The summed E-state index contributed by atoms with van der Waals surface area (Å²) in [5, 5.41) is -0.176. The van der Waals surface area contributed by atoms with E-state index in [1.54, 1.807) is 6.20 Å². The van der Waals surface area contributed by atoms with E-state index in [4.69, 9.17) is 0 Å². The van der Waals surface area contributed by atoms with Crippen molar-refractivity contribution in [3.05, 3.63) is 47.3 Å². The highest BCUT2D eigenvalue weighted by molar-refractivity contribution is 8.18. The molecular weight excluding hydrogens is 334 g/mol. The number of rotatable bonds is 5. The monoisotopic (exact) mass is 351 g/mol. The maximum Gasteiger partial charge on any atom is 0.293 e. The largest absolute Gasteiger partial charge is 0.304 e. The van der Waals surface area contributed by atoms with Crippen molar-refractivity contribution >= 4 is 41.0 Å². The third-order valence-corrected chi connectivity index (χ3v) is 4.55. The molecule has 0 radical (unpaired) electrons. The van der Waals surface area contributed by atoms with Crippen molar-refractivity contribution in [1.29, 1.82) is 0 Å². The Hall–Kier alpha value is -1.79. The SMILES string of the molecule is CCC/C=C1/SC(=O)N(CCc2cccc3nccn23)C1=O.Cl. The van der Waals surface area contributed by atoms with Crippen molar-refractivity contribution in [3.63, 3.8) is 0 Å². The molecule has 23 heavy (non-hydrogen) atoms. The predicted molar refractivity (Wildman–Crippen MR) is 93.8 cm³/mol. The minimum absolute atomic E-state index is 0. The molecule has 1 aliphatic rings. The molecule has 2 amide bonds. The number of carbonyl (C=O) groups excluding carboxylic acids is 2. The highest BCUT2D eigenvalue weighted by atomic mass is 35.5. The lowest BCUT2D eigenvalue weighted by Crippen LogP contribution is -2.30. The van der Waals surface area contributed by atoms with E-state index in [0.29, 0.717) is 17.9 Å². The van der Waals surface area contributed by atoms with Crippen LogP contribution in [0.25, 0.3) is 5.65 Å². The van der Waals surface area contributed by atoms with Gasteiger partial charge >= 0.3 is 0 Å². The quantitative estimate of drug-likeness (QED) is 0.771. The van der Waals surface area contributed by atoms with Crippen LogP contribution in [0.5, 0.6) is 0 Å². The third kappa shape index (κ3) is 3.59. The van der Waals surface area contributed by atoms with Gasteiger partial charge in [0.15, 0.2) is 0 Å². The van der Waals surface area contributed by atoms with Crippen LogP contribution in [-0.2, 0) is 11.2 Å². The molecule has 0 aromatic carbocycles. The van der Waals surface area contributed by atoms with E-state index in [9.17, 15) is 9.59 Å². The number of imidazole rings is 1. The Morgan fingerprint density at radius 3 is 2.91 bits per heavy atom. The Balaban J connectivity index is 0.00000192. The summed E-state index contributed by atoms with van der Waals surface area (Å²) >= 11 is 1.04. The summed E-state index contributed by atoms with van der Waals surface area (Å²) in [5.41, 5.74) is 1.90. The predicted octanol–water partition coefficient (Wildman–Crippen LogP) is 3.68. The fourth-order valence-corrected chi connectivity index (χ4v) is 3.31. The molecule has 0 bridgehead atoms. The molecule has 1 aliphatic heterocycles. The van der Waals surface area contributed by atoms with Crippen molar-refractivity contribution < 1.29 is 9.59 Å². The number of thioether (sulfide) groups is 1. The van der Waals surface area contributed by atoms with Crippen LogP contribution < -0.4 is 0 Å².